The number of anilines is 1. The van der Waals surface area contributed by atoms with Crippen LogP contribution in [0.1, 0.15) is 19.8 Å². The van der Waals surface area contributed by atoms with Crippen LogP contribution in [0.25, 0.3) is 0 Å². The number of rotatable bonds is 6. The average Bonchev–Trinajstić information content (AvgIpc) is 3.11. The second-order valence-corrected chi connectivity index (χ2v) is 7.14. The highest BCUT2D eigenvalue weighted by molar-refractivity contribution is 8.04. The van der Waals surface area contributed by atoms with E-state index >= 15 is 0 Å². The number of fused-ring (bicyclic) bond motifs is 1. The largest absolute Gasteiger partial charge is 0.501 e. The number of amides is 4. The van der Waals surface area contributed by atoms with Gasteiger partial charge in [0.1, 0.15) is 17.3 Å². The van der Waals surface area contributed by atoms with E-state index < -0.39 is 28.8 Å². The molecule has 0 radical (unpaired) electrons. The molecule has 0 bridgehead atoms. The molecule has 0 saturated carbocycles. The Morgan fingerprint density at radius 1 is 1.33 bits per heavy atom. The van der Waals surface area contributed by atoms with E-state index in [9.17, 15) is 23.2 Å². The van der Waals surface area contributed by atoms with Gasteiger partial charge in [0.25, 0.3) is 5.91 Å². The molecule has 1 atom stereocenters. The lowest BCUT2D eigenvalue weighted by Gasteiger charge is -2.24. The minimum atomic E-state index is -0.907. The van der Waals surface area contributed by atoms with Crippen molar-refractivity contribution < 1.29 is 27.7 Å². The highest BCUT2D eigenvalue weighted by Gasteiger charge is 2.49. The number of urea groups is 1. The molecule has 1 aromatic rings. The minimum Gasteiger partial charge on any atom is -0.320 e. The summed E-state index contributed by atoms with van der Waals surface area (Å²) in [4.78, 5) is 38.8. The van der Waals surface area contributed by atoms with E-state index in [-0.39, 0.29) is 24.7 Å². The van der Waals surface area contributed by atoms with Gasteiger partial charge in [0.05, 0.1) is 12.2 Å². The van der Waals surface area contributed by atoms with Crippen LogP contribution in [0.5, 0.6) is 0 Å². The third-order valence-electron chi connectivity index (χ3n) is 4.23. The van der Waals surface area contributed by atoms with Gasteiger partial charge in [-0.3, -0.25) is 4.79 Å². The van der Waals surface area contributed by atoms with Crippen LogP contribution in [-0.2, 0) is 9.59 Å². The predicted molar refractivity (Wildman–Crippen MR) is 97.7 cm³/mol. The summed E-state index contributed by atoms with van der Waals surface area (Å²) in [5.74, 6) is -2.60. The summed E-state index contributed by atoms with van der Waals surface area (Å²) in [5, 5.41) is 3.48. The molecule has 6 nitrogen and oxygen atoms in total. The summed E-state index contributed by atoms with van der Waals surface area (Å²) in [6.45, 7) is 1.86. The highest BCUT2D eigenvalue weighted by atomic mass is 32.2. The lowest BCUT2D eigenvalue weighted by atomic mass is 10.1. The molecule has 2 aliphatic heterocycles. The van der Waals surface area contributed by atoms with Crippen molar-refractivity contribution in [2.45, 2.75) is 25.0 Å². The Bertz CT molecular complexity index is 869. The van der Waals surface area contributed by atoms with Crippen molar-refractivity contribution in [3.63, 3.8) is 0 Å². The molecule has 2 heterocycles. The van der Waals surface area contributed by atoms with Gasteiger partial charge in [-0.1, -0.05) is 13.3 Å². The van der Waals surface area contributed by atoms with Crippen LogP contribution in [0, 0.1) is 11.6 Å². The summed E-state index contributed by atoms with van der Waals surface area (Å²) in [6, 6.07) is 2.23. The first-order chi connectivity index (χ1) is 12.9. The zero-order chi connectivity index (χ0) is 19.6. The number of imide groups is 1. The number of thioether (sulfide) groups is 1. The number of benzene rings is 1. The molecule has 1 unspecified atom stereocenters. The van der Waals surface area contributed by atoms with Gasteiger partial charge in [-0.25, -0.2) is 13.6 Å². The van der Waals surface area contributed by atoms with Crippen LogP contribution in [0.3, 0.4) is 0 Å². The molecule has 2 aliphatic rings. The fourth-order valence-corrected chi connectivity index (χ4v) is 3.82. The summed E-state index contributed by atoms with van der Waals surface area (Å²) < 4.78 is 27.9. The van der Waals surface area contributed by atoms with Crippen molar-refractivity contribution in [2.75, 3.05) is 18.4 Å². The van der Waals surface area contributed by atoms with Crippen molar-refractivity contribution in [3.05, 3.63) is 41.3 Å². The fourth-order valence-electron chi connectivity index (χ4n) is 2.86. The number of carbonyl (C=O) groups excluding carboxylic acids is 3. The number of unbranched alkanes of at least 4 members (excludes halogenated alkanes) is 1. The van der Waals surface area contributed by atoms with Crippen LogP contribution in [-0.4, -0.2) is 51.4 Å². The van der Waals surface area contributed by atoms with Gasteiger partial charge in [0, 0.05) is 6.07 Å². The van der Waals surface area contributed by atoms with Crippen LogP contribution in [0.4, 0.5) is 19.3 Å². The van der Waals surface area contributed by atoms with Crippen molar-refractivity contribution in [3.8, 4) is 0 Å². The zero-order valence-corrected chi connectivity index (χ0v) is 15.4. The number of hydrogen-bond donors (Lipinski definition) is 1. The predicted octanol–water partition coefficient (Wildman–Crippen LogP) is 2.75. The van der Waals surface area contributed by atoms with Crippen LogP contribution in [0.15, 0.2) is 29.7 Å². The van der Waals surface area contributed by atoms with E-state index in [4.69, 9.17) is 0 Å². The second kappa shape index (κ2) is 7.99. The Morgan fingerprint density at radius 3 is 2.81 bits per heavy atom. The summed E-state index contributed by atoms with van der Waals surface area (Å²) in [5.41, 5.74) is 0.264. The number of nitrogens with one attached hydrogen (secondary N) is 1. The molecular formula is C18H18F2N3O3S+. The number of carbonyl (C=O) groups is 3. The van der Waals surface area contributed by atoms with Crippen LogP contribution >= 0.6 is 11.8 Å². The number of allylic oxidation sites excluding steroid dienone is 1. The Balaban J connectivity index is 1.81. The summed E-state index contributed by atoms with van der Waals surface area (Å²) >= 11 is 1.28. The molecule has 4 amide bonds. The van der Waals surface area contributed by atoms with Gasteiger partial charge in [-0.05, 0) is 30.0 Å². The average molecular weight is 394 g/mol. The number of hydrogen-bond acceptors (Lipinski definition) is 4. The maximum atomic E-state index is 13.7. The van der Waals surface area contributed by atoms with E-state index in [2.05, 4.69) is 5.32 Å². The fraction of sp³-hybridized carbons (Fsp3) is 0.333. The minimum absolute atomic E-state index is 0.178. The lowest BCUT2D eigenvalue weighted by Crippen LogP contribution is -2.56. The molecule has 142 valence electrons. The van der Waals surface area contributed by atoms with Crippen molar-refractivity contribution in [2.24, 2.45) is 0 Å². The molecule has 1 N–H and O–H groups in total. The smallest absolute Gasteiger partial charge is 0.320 e. The van der Waals surface area contributed by atoms with Gasteiger partial charge in [-0.2, -0.15) is 14.3 Å². The van der Waals surface area contributed by atoms with Crippen molar-refractivity contribution in [1.29, 1.82) is 0 Å². The van der Waals surface area contributed by atoms with Gasteiger partial charge in [-0.15, -0.1) is 11.8 Å². The second-order valence-electron chi connectivity index (χ2n) is 6.13. The van der Waals surface area contributed by atoms with Gasteiger partial charge >= 0.3 is 11.9 Å². The third kappa shape index (κ3) is 3.92. The van der Waals surface area contributed by atoms with E-state index in [0.717, 1.165) is 23.5 Å². The Hall–Kier alpha value is -2.55. The molecule has 0 spiro atoms. The quantitative estimate of drug-likeness (QED) is 0.754. The molecule has 3 rings (SSSR count). The molecule has 0 aromatic heterocycles. The van der Waals surface area contributed by atoms with Crippen LogP contribution < -0.4 is 5.32 Å². The summed E-state index contributed by atoms with van der Waals surface area (Å²) in [7, 11) is 0. The molecule has 1 aromatic carbocycles. The standard InChI is InChI=1S/C18H17F2N3O3S/c1-2-3-7-22-17(25)16-14(6-8-27-16)23(18(22)26)10-15(24)21-13-5-4-11(19)9-12(13)20/h4-6,8-9,16H,2-3,7,10H2,1H3/p+1. The molecule has 0 aliphatic carbocycles. The number of nitrogens with zero attached hydrogens (tertiary/aromatic N) is 2. The molecule has 0 saturated heterocycles. The Kier molecular flexibility index (Phi) is 5.69. The normalized spacial score (nSPS) is 18.9. The first kappa shape index (κ1) is 19.2. The van der Waals surface area contributed by atoms with Crippen molar-refractivity contribution in [1.82, 2.24) is 4.90 Å². The van der Waals surface area contributed by atoms with E-state index in [1.54, 1.807) is 11.5 Å². The van der Waals surface area contributed by atoms with Gasteiger partial charge in [0.2, 0.25) is 0 Å². The molecule has 0 fully saturated rings. The Morgan fingerprint density at radius 2 is 2.11 bits per heavy atom. The van der Waals surface area contributed by atoms with E-state index in [0.29, 0.717) is 18.2 Å². The van der Waals surface area contributed by atoms with Crippen molar-refractivity contribution >= 4 is 41.0 Å². The SMILES string of the molecule is CCCCN1C(=O)C2SC=CC2=[N+](CC(=O)Nc2ccc(F)cc2F)C1=O. The van der Waals surface area contributed by atoms with E-state index in [1.165, 1.54) is 16.3 Å². The molecule has 27 heavy (non-hydrogen) atoms. The maximum Gasteiger partial charge on any atom is 0.501 e. The highest BCUT2D eigenvalue weighted by Crippen LogP contribution is 2.28. The number of halogens is 2. The molecular weight excluding hydrogens is 376 g/mol. The molecule has 9 heteroatoms. The lowest BCUT2D eigenvalue weighted by molar-refractivity contribution is -0.425. The summed E-state index contributed by atoms with van der Waals surface area (Å²) in [6.07, 6.45) is 3.11. The topological polar surface area (TPSA) is 69.5 Å². The first-order valence-corrected chi connectivity index (χ1v) is 9.43. The first-order valence-electron chi connectivity index (χ1n) is 8.49. The third-order valence-corrected chi connectivity index (χ3v) is 5.24. The Labute approximate surface area is 158 Å². The van der Waals surface area contributed by atoms with Gasteiger partial charge < -0.3 is 5.32 Å². The monoisotopic (exact) mass is 394 g/mol. The van der Waals surface area contributed by atoms with E-state index in [1.807, 2.05) is 6.92 Å². The van der Waals surface area contributed by atoms with Crippen LogP contribution in [0.2, 0.25) is 0 Å². The zero-order valence-electron chi connectivity index (χ0n) is 14.6. The maximum absolute atomic E-state index is 13.7. The van der Waals surface area contributed by atoms with Gasteiger partial charge in [0.15, 0.2) is 11.8 Å².